The summed E-state index contributed by atoms with van der Waals surface area (Å²) in [6.45, 7) is 8.17. The number of fused-ring (bicyclic) bond motifs is 1. The number of sulfonamides is 1. The summed E-state index contributed by atoms with van der Waals surface area (Å²) in [7, 11) is -3.84. The van der Waals surface area contributed by atoms with Crippen LogP contribution in [0.3, 0.4) is 0 Å². The van der Waals surface area contributed by atoms with Crippen molar-refractivity contribution in [3.8, 4) is 0 Å². The minimum Gasteiger partial charge on any atom is -0.465 e. The van der Waals surface area contributed by atoms with Gasteiger partial charge >= 0.3 is 5.97 Å². The number of para-hydroxylation sites is 1. The molecular formula is C22H26BrNO4S. The first-order valence-electron chi connectivity index (χ1n) is 9.56. The molecule has 3 rings (SSSR count). The third-order valence-corrected chi connectivity index (χ3v) is 7.30. The maximum Gasteiger partial charge on any atom is 0.318 e. The molecule has 0 fully saturated rings. The second kappa shape index (κ2) is 7.76. The molecule has 1 heterocycles. The van der Waals surface area contributed by atoms with Crippen molar-refractivity contribution in [3.63, 3.8) is 0 Å². The Morgan fingerprint density at radius 2 is 1.76 bits per heavy atom. The van der Waals surface area contributed by atoms with E-state index in [2.05, 4.69) is 15.9 Å². The van der Waals surface area contributed by atoms with Crippen molar-refractivity contribution in [2.24, 2.45) is 5.41 Å². The van der Waals surface area contributed by atoms with Crippen molar-refractivity contribution in [2.45, 2.75) is 44.4 Å². The summed E-state index contributed by atoms with van der Waals surface area (Å²) in [5, 5.41) is 0. The minimum atomic E-state index is -3.84. The zero-order valence-corrected chi connectivity index (χ0v) is 19.5. The molecule has 156 valence electrons. The fourth-order valence-corrected chi connectivity index (χ4v) is 5.84. The summed E-state index contributed by atoms with van der Waals surface area (Å²) >= 11 is 3.34. The van der Waals surface area contributed by atoms with Gasteiger partial charge in [-0.05, 0) is 54.7 Å². The fraction of sp³-hybridized carbons (Fsp3) is 0.409. The van der Waals surface area contributed by atoms with Crippen LogP contribution in [0.2, 0.25) is 0 Å². The molecule has 0 amide bonds. The number of rotatable bonds is 5. The number of carbonyl (C=O) groups is 1. The van der Waals surface area contributed by atoms with E-state index in [9.17, 15) is 13.2 Å². The van der Waals surface area contributed by atoms with E-state index in [0.29, 0.717) is 17.7 Å². The summed E-state index contributed by atoms with van der Waals surface area (Å²) in [5.41, 5.74) is -0.0216. The van der Waals surface area contributed by atoms with E-state index in [1.165, 1.54) is 4.31 Å². The van der Waals surface area contributed by atoms with Crippen LogP contribution in [-0.4, -0.2) is 27.5 Å². The molecule has 1 unspecified atom stereocenters. The minimum absolute atomic E-state index is 0.0286. The van der Waals surface area contributed by atoms with Crippen LogP contribution in [0.4, 0.5) is 5.69 Å². The molecule has 0 aromatic heterocycles. The molecular weight excluding hydrogens is 454 g/mol. The van der Waals surface area contributed by atoms with E-state index >= 15 is 0 Å². The standard InChI is InChI=1S/C22H26BrNO4S/c1-5-28-20(25)22(14-21(2,3)4)15-24(19-9-7-6-8-18(19)22)29(26,27)17-12-10-16(23)11-13-17/h6-13H,5,14-15H2,1-4H3. The van der Waals surface area contributed by atoms with Gasteiger partial charge in [0.2, 0.25) is 0 Å². The van der Waals surface area contributed by atoms with Crippen molar-refractivity contribution >= 4 is 37.6 Å². The van der Waals surface area contributed by atoms with Crippen LogP contribution < -0.4 is 4.31 Å². The van der Waals surface area contributed by atoms with Crippen molar-refractivity contribution in [3.05, 3.63) is 58.6 Å². The van der Waals surface area contributed by atoms with Gasteiger partial charge in [-0.3, -0.25) is 9.10 Å². The van der Waals surface area contributed by atoms with E-state index in [-0.39, 0.29) is 29.4 Å². The Morgan fingerprint density at radius 1 is 1.14 bits per heavy atom. The number of anilines is 1. The van der Waals surface area contributed by atoms with Gasteiger partial charge in [0.25, 0.3) is 10.0 Å². The highest BCUT2D eigenvalue weighted by Gasteiger charge is 2.54. The van der Waals surface area contributed by atoms with Gasteiger partial charge in [-0.2, -0.15) is 0 Å². The van der Waals surface area contributed by atoms with Crippen molar-refractivity contribution < 1.29 is 17.9 Å². The normalized spacial score (nSPS) is 19.1. The predicted molar refractivity (Wildman–Crippen MR) is 117 cm³/mol. The summed E-state index contributed by atoms with van der Waals surface area (Å²) in [6, 6.07) is 13.8. The molecule has 0 radical (unpaired) electrons. The smallest absolute Gasteiger partial charge is 0.318 e. The number of hydrogen-bond donors (Lipinski definition) is 0. The first kappa shape index (κ1) is 21.8. The van der Waals surface area contributed by atoms with Crippen molar-refractivity contribution in [2.75, 3.05) is 17.5 Å². The summed E-state index contributed by atoms with van der Waals surface area (Å²) < 4.78 is 34.6. The molecule has 0 spiro atoms. The average Bonchev–Trinajstić information content (AvgIpc) is 2.97. The molecule has 5 nitrogen and oxygen atoms in total. The maximum atomic E-state index is 13.5. The van der Waals surface area contributed by atoms with E-state index in [1.54, 1.807) is 43.3 Å². The van der Waals surface area contributed by atoms with Crippen LogP contribution in [0.25, 0.3) is 0 Å². The first-order chi connectivity index (χ1) is 13.5. The van der Waals surface area contributed by atoms with Crippen LogP contribution in [0.1, 0.15) is 39.7 Å². The Labute approximate surface area is 181 Å². The number of esters is 1. The summed E-state index contributed by atoms with van der Waals surface area (Å²) in [6.07, 6.45) is 0.474. The van der Waals surface area contributed by atoms with E-state index in [0.717, 1.165) is 4.47 Å². The third kappa shape index (κ3) is 4.08. The lowest BCUT2D eigenvalue weighted by Gasteiger charge is -2.34. The molecule has 7 heteroatoms. The zero-order valence-electron chi connectivity index (χ0n) is 17.1. The Balaban J connectivity index is 2.18. The fourth-order valence-electron chi connectivity index (χ4n) is 4.03. The van der Waals surface area contributed by atoms with Gasteiger partial charge in [0, 0.05) is 4.47 Å². The topological polar surface area (TPSA) is 63.7 Å². The van der Waals surface area contributed by atoms with Crippen LogP contribution in [0.5, 0.6) is 0 Å². The molecule has 1 aliphatic rings. The van der Waals surface area contributed by atoms with Crippen LogP contribution in [-0.2, 0) is 25.0 Å². The maximum absolute atomic E-state index is 13.5. The molecule has 2 aromatic carbocycles. The monoisotopic (exact) mass is 479 g/mol. The van der Waals surface area contributed by atoms with Gasteiger partial charge in [-0.25, -0.2) is 8.42 Å². The van der Waals surface area contributed by atoms with Crippen LogP contribution in [0, 0.1) is 5.41 Å². The number of nitrogens with zero attached hydrogens (tertiary/aromatic N) is 1. The highest BCUT2D eigenvalue weighted by Crippen LogP contribution is 2.49. The van der Waals surface area contributed by atoms with E-state index in [4.69, 9.17) is 4.74 Å². The molecule has 1 atom stereocenters. The highest BCUT2D eigenvalue weighted by molar-refractivity contribution is 9.10. The zero-order chi connectivity index (χ0) is 21.4. The molecule has 0 aliphatic carbocycles. The first-order valence-corrected chi connectivity index (χ1v) is 11.8. The van der Waals surface area contributed by atoms with Gasteiger partial charge in [0.15, 0.2) is 0 Å². The number of hydrogen-bond acceptors (Lipinski definition) is 4. The number of ether oxygens (including phenoxy) is 1. The summed E-state index contributed by atoms with van der Waals surface area (Å²) in [4.78, 5) is 13.4. The predicted octanol–water partition coefficient (Wildman–Crippen LogP) is 4.90. The second-order valence-electron chi connectivity index (χ2n) is 8.52. The van der Waals surface area contributed by atoms with Gasteiger partial charge in [-0.1, -0.05) is 54.9 Å². The largest absolute Gasteiger partial charge is 0.465 e. The lowest BCUT2D eigenvalue weighted by molar-refractivity contribution is -0.150. The Hall–Kier alpha value is -1.86. The molecule has 29 heavy (non-hydrogen) atoms. The van der Waals surface area contributed by atoms with E-state index < -0.39 is 15.4 Å². The lowest BCUT2D eigenvalue weighted by Crippen LogP contribution is -2.46. The average molecular weight is 480 g/mol. The molecule has 1 aliphatic heterocycles. The third-order valence-electron chi connectivity index (χ3n) is 5.00. The molecule has 0 bridgehead atoms. The van der Waals surface area contributed by atoms with E-state index in [1.807, 2.05) is 32.9 Å². The molecule has 0 saturated heterocycles. The number of benzene rings is 2. The van der Waals surface area contributed by atoms with Gasteiger partial charge in [0.05, 0.1) is 23.7 Å². The molecule has 2 aromatic rings. The van der Waals surface area contributed by atoms with Crippen molar-refractivity contribution in [1.82, 2.24) is 0 Å². The highest BCUT2D eigenvalue weighted by atomic mass is 79.9. The second-order valence-corrected chi connectivity index (χ2v) is 11.3. The Morgan fingerprint density at radius 3 is 2.34 bits per heavy atom. The molecule has 0 N–H and O–H groups in total. The van der Waals surface area contributed by atoms with Crippen molar-refractivity contribution in [1.29, 1.82) is 0 Å². The Kier molecular flexibility index (Phi) is 5.84. The number of halogens is 1. The Bertz CT molecular complexity index is 1010. The van der Waals surface area contributed by atoms with Crippen LogP contribution >= 0.6 is 15.9 Å². The van der Waals surface area contributed by atoms with Gasteiger partial charge < -0.3 is 4.74 Å². The van der Waals surface area contributed by atoms with Gasteiger partial charge in [0.1, 0.15) is 5.41 Å². The van der Waals surface area contributed by atoms with Gasteiger partial charge in [-0.15, -0.1) is 0 Å². The molecule has 0 saturated carbocycles. The SMILES string of the molecule is CCOC(=O)C1(CC(C)(C)C)CN(S(=O)(=O)c2ccc(Br)cc2)c2ccccc21. The lowest BCUT2D eigenvalue weighted by atomic mass is 9.70. The number of carbonyl (C=O) groups excluding carboxylic acids is 1. The quantitative estimate of drug-likeness (QED) is 0.572. The summed E-state index contributed by atoms with van der Waals surface area (Å²) in [5.74, 6) is -0.379. The van der Waals surface area contributed by atoms with Crippen LogP contribution in [0.15, 0.2) is 57.9 Å².